The third-order valence-electron chi connectivity index (χ3n) is 4.97. The van der Waals surface area contributed by atoms with E-state index in [1.807, 2.05) is 41.2 Å². The largest absolute Gasteiger partial charge is 0.439 e. The summed E-state index contributed by atoms with van der Waals surface area (Å²) in [5.74, 6) is 1.06. The molecule has 0 saturated carbocycles. The number of carbonyl (C=O) groups is 1. The highest BCUT2D eigenvalue weighted by molar-refractivity contribution is 6.30. The Morgan fingerprint density at radius 2 is 1.77 bits per heavy atom. The number of hydrogen-bond donors (Lipinski definition) is 1. The van der Waals surface area contributed by atoms with Crippen molar-refractivity contribution in [3.63, 3.8) is 0 Å². The standard InChI is InChI=1S/C23H18ClN5O2/c24-17-6-9-20(10-7-17)31-22-11-8-18(13-25-22)27-23(30)28-14-16-12-26-29(21(16)15-28)19-4-2-1-3-5-19/h1-13H,14-15H2,(H,27,30). The van der Waals surface area contributed by atoms with E-state index in [0.717, 1.165) is 16.9 Å². The molecule has 0 radical (unpaired) electrons. The van der Waals surface area contributed by atoms with Crippen LogP contribution in [-0.2, 0) is 13.1 Å². The topological polar surface area (TPSA) is 72.3 Å². The number of ether oxygens (including phenoxy) is 1. The third kappa shape index (κ3) is 4.08. The Kier molecular flexibility index (Phi) is 5.01. The Morgan fingerprint density at radius 1 is 0.968 bits per heavy atom. The lowest BCUT2D eigenvalue weighted by Crippen LogP contribution is -2.30. The average molecular weight is 432 g/mol. The molecule has 154 valence electrons. The first-order valence-corrected chi connectivity index (χ1v) is 10.1. The number of aromatic nitrogens is 3. The smallest absolute Gasteiger partial charge is 0.322 e. The van der Waals surface area contributed by atoms with E-state index < -0.39 is 0 Å². The zero-order valence-electron chi connectivity index (χ0n) is 16.4. The van der Waals surface area contributed by atoms with Gasteiger partial charge in [0.2, 0.25) is 5.88 Å². The molecule has 0 spiro atoms. The molecule has 0 fully saturated rings. The summed E-state index contributed by atoms with van der Waals surface area (Å²) in [6.45, 7) is 1.00. The molecule has 5 rings (SSSR count). The summed E-state index contributed by atoms with van der Waals surface area (Å²) in [6.07, 6.45) is 3.39. The minimum atomic E-state index is -0.191. The summed E-state index contributed by atoms with van der Waals surface area (Å²) in [4.78, 5) is 18.7. The Labute approximate surface area is 183 Å². The van der Waals surface area contributed by atoms with Crippen LogP contribution in [0.1, 0.15) is 11.3 Å². The van der Waals surface area contributed by atoms with Crippen LogP contribution in [0.15, 0.2) is 79.1 Å². The predicted octanol–water partition coefficient (Wildman–Crippen LogP) is 5.26. The van der Waals surface area contributed by atoms with Crippen molar-refractivity contribution in [3.8, 4) is 17.3 Å². The second-order valence-corrected chi connectivity index (χ2v) is 7.53. The molecule has 1 N–H and O–H groups in total. The highest BCUT2D eigenvalue weighted by atomic mass is 35.5. The summed E-state index contributed by atoms with van der Waals surface area (Å²) in [6, 6.07) is 20.2. The summed E-state index contributed by atoms with van der Waals surface area (Å²) in [5, 5.41) is 7.99. The van der Waals surface area contributed by atoms with E-state index in [2.05, 4.69) is 15.4 Å². The molecule has 2 aromatic heterocycles. The van der Waals surface area contributed by atoms with Gasteiger partial charge < -0.3 is 15.0 Å². The summed E-state index contributed by atoms with van der Waals surface area (Å²) < 4.78 is 7.56. The number of fused-ring (bicyclic) bond motifs is 1. The fourth-order valence-corrected chi connectivity index (χ4v) is 3.55. The number of halogens is 1. The molecule has 0 aliphatic carbocycles. The van der Waals surface area contributed by atoms with Gasteiger partial charge in [-0.1, -0.05) is 29.8 Å². The molecule has 2 amide bonds. The third-order valence-corrected chi connectivity index (χ3v) is 5.22. The molecule has 7 nitrogen and oxygen atoms in total. The highest BCUT2D eigenvalue weighted by Crippen LogP contribution is 2.26. The number of pyridine rings is 1. The summed E-state index contributed by atoms with van der Waals surface area (Å²) in [5.41, 5.74) is 3.63. The lowest BCUT2D eigenvalue weighted by molar-refractivity contribution is 0.211. The van der Waals surface area contributed by atoms with Crippen LogP contribution in [-0.4, -0.2) is 25.7 Å². The van der Waals surface area contributed by atoms with Gasteiger partial charge in [0.05, 0.1) is 42.6 Å². The van der Waals surface area contributed by atoms with Crippen LogP contribution < -0.4 is 10.1 Å². The molecule has 4 aromatic rings. The normalized spacial score (nSPS) is 12.5. The fraction of sp³-hybridized carbons (Fsp3) is 0.0870. The average Bonchev–Trinajstić information content (AvgIpc) is 3.38. The number of anilines is 1. The van der Waals surface area contributed by atoms with Gasteiger partial charge in [0.15, 0.2) is 0 Å². The Hall–Kier alpha value is -3.84. The summed E-state index contributed by atoms with van der Waals surface area (Å²) >= 11 is 5.88. The Bertz CT molecular complexity index is 1210. The van der Waals surface area contributed by atoms with Crippen molar-refractivity contribution >= 4 is 23.3 Å². The molecule has 0 bridgehead atoms. The van der Waals surface area contributed by atoms with E-state index in [9.17, 15) is 4.79 Å². The number of para-hydroxylation sites is 1. The van der Waals surface area contributed by atoms with Gasteiger partial charge in [-0.05, 0) is 42.5 Å². The van der Waals surface area contributed by atoms with Gasteiger partial charge in [-0.15, -0.1) is 0 Å². The molecule has 2 aromatic carbocycles. The predicted molar refractivity (Wildman–Crippen MR) is 118 cm³/mol. The maximum absolute atomic E-state index is 12.8. The van der Waals surface area contributed by atoms with Crippen molar-refractivity contribution < 1.29 is 9.53 Å². The van der Waals surface area contributed by atoms with Gasteiger partial charge in [0.25, 0.3) is 0 Å². The van der Waals surface area contributed by atoms with Crippen molar-refractivity contribution in [2.75, 3.05) is 5.32 Å². The number of carbonyl (C=O) groups excluding carboxylic acids is 1. The summed E-state index contributed by atoms with van der Waals surface area (Å²) in [7, 11) is 0. The van der Waals surface area contributed by atoms with Crippen LogP contribution in [0.5, 0.6) is 11.6 Å². The molecule has 1 aliphatic heterocycles. The number of benzene rings is 2. The maximum atomic E-state index is 12.8. The van der Waals surface area contributed by atoms with Gasteiger partial charge in [-0.25, -0.2) is 14.5 Å². The van der Waals surface area contributed by atoms with Crippen molar-refractivity contribution in [1.82, 2.24) is 19.7 Å². The lowest BCUT2D eigenvalue weighted by Gasteiger charge is -2.17. The van der Waals surface area contributed by atoms with Crippen LogP contribution in [0, 0.1) is 0 Å². The van der Waals surface area contributed by atoms with E-state index in [1.165, 1.54) is 0 Å². The Balaban J connectivity index is 1.22. The van der Waals surface area contributed by atoms with E-state index in [-0.39, 0.29) is 6.03 Å². The van der Waals surface area contributed by atoms with Gasteiger partial charge >= 0.3 is 6.03 Å². The van der Waals surface area contributed by atoms with Crippen molar-refractivity contribution in [2.24, 2.45) is 0 Å². The van der Waals surface area contributed by atoms with Crippen LogP contribution in [0.25, 0.3) is 5.69 Å². The molecular weight excluding hydrogens is 414 g/mol. The minimum Gasteiger partial charge on any atom is -0.439 e. The molecule has 0 unspecified atom stereocenters. The van der Waals surface area contributed by atoms with Gasteiger partial charge in [-0.2, -0.15) is 5.10 Å². The van der Waals surface area contributed by atoms with Crippen molar-refractivity contribution in [2.45, 2.75) is 13.1 Å². The first-order chi connectivity index (χ1) is 15.2. The number of rotatable bonds is 4. The fourth-order valence-electron chi connectivity index (χ4n) is 3.43. The van der Waals surface area contributed by atoms with Crippen LogP contribution in [0.4, 0.5) is 10.5 Å². The van der Waals surface area contributed by atoms with Crippen LogP contribution in [0.2, 0.25) is 5.02 Å². The second kappa shape index (κ2) is 8.12. The van der Waals surface area contributed by atoms with E-state index in [4.69, 9.17) is 16.3 Å². The highest BCUT2D eigenvalue weighted by Gasteiger charge is 2.27. The van der Waals surface area contributed by atoms with Crippen molar-refractivity contribution in [1.29, 1.82) is 0 Å². The van der Waals surface area contributed by atoms with Gasteiger partial charge in [-0.3, -0.25) is 0 Å². The monoisotopic (exact) mass is 431 g/mol. The first kappa shape index (κ1) is 19.1. The quantitative estimate of drug-likeness (QED) is 0.478. The zero-order valence-corrected chi connectivity index (χ0v) is 17.2. The SMILES string of the molecule is O=C(Nc1ccc(Oc2ccc(Cl)cc2)nc1)N1Cc2cnn(-c3ccccc3)c2C1. The number of amides is 2. The number of nitrogens with zero attached hydrogens (tertiary/aromatic N) is 4. The maximum Gasteiger partial charge on any atom is 0.322 e. The van der Waals surface area contributed by atoms with E-state index >= 15 is 0 Å². The van der Waals surface area contributed by atoms with E-state index in [1.54, 1.807) is 47.5 Å². The molecule has 8 heteroatoms. The molecular formula is C23H18ClN5O2. The number of nitrogens with one attached hydrogen (secondary N) is 1. The van der Waals surface area contributed by atoms with E-state index in [0.29, 0.717) is 35.4 Å². The number of hydrogen-bond acceptors (Lipinski definition) is 4. The lowest BCUT2D eigenvalue weighted by atomic mass is 10.3. The minimum absolute atomic E-state index is 0.191. The van der Waals surface area contributed by atoms with Crippen molar-refractivity contribution in [3.05, 3.63) is 95.4 Å². The molecule has 3 heterocycles. The second-order valence-electron chi connectivity index (χ2n) is 7.09. The molecule has 0 saturated heterocycles. The van der Waals surface area contributed by atoms with Crippen LogP contribution >= 0.6 is 11.6 Å². The van der Waals surface area contributed by atoms with Gasteiger partial charge in [0, 0.05) is 16.7 Å². The molecule has 31 heavy (non-hydrogen) atoms. The zero-order chi connectivity index (χ0) is 21.2. The van der Waals surface area contributed by atoms with Crippen LogP contribution in [0.3, 0.4) is 0 Å². The Morgan fingerprint density at radius 3 is 2.52 bits per heavy atom. The first-order valence-electron chi connectivity index (χ1n) is 9.72. The molecule has 1 aliphatic rings. The van der Waals surface area contributed by atoms with Gasteiger partial charge in [0.1, 0.15) is 5.75 Å². The molecule has 0 atom stereocenters. The number of urea groups is 1.